The number of carbonyl (C=O) groups is 1. The maximum atomic E-state index is 15.7. The summed E-state index contributed by atoms with van der Waals surface area (Å²) in [5.41, 5.74) is 10.5. The van der Waals surface area contributed by atoms with Gasteiger partial charge >= 0.3 is 0 Å². The molecule has 1 atom stereocenters. The molecule has 1 amide bonds. The number of nitrogens with zero attached hydrogens (tertiary/aromatic N) is 1. The van der Waals surface area contributed by atoms with Crippen molar-refractivity contribution in [3.63, 3.8) is 0 Å². The van der Waals surface area contributed by atoms with E-state index in [9.17, 15) is 9.59 Å². The van der Waals surface area contributed by atoms with E-state index in [-0.39, 0.29) is 24.9 Å². The minimum Gasteiger partial charge on any atom is -0.493 e. The Labute approximate surface area is 278 Å². The Morgan fingerprint density at radius 2 is 1.65 bits per heavy atom. The highest BCUT2D eigenvalue weighted by atomic mass is 19.1. The van der Waals surface area contributed by atoms with Crippen LogP contribution in [0.4, 0.5) is 10.1 Å². The van der Waals surface area contributed by atoms with Crippen LogP contribution in [0.15, 0.2) is 96.2 Å². The van der Waals surface area contributed by atoms with Gasteiger partial charge in [0, 0.05) is 55.9 Å². The maximum Gasteiger partial charge on any atom is 0.261 e. The van der Waals surface area contributed by atoms with Crippen molar-refractivity contribution >= 4 is 22.7 Å². The number of pyridine rings is 1. The first kappa shape index (κ1) is 32.7. The molecule has 2 aliphatic heterocycles. The van der Waals surface area contributed by atoms with E-state index in [2.05, 4.69) is 10.6 Å². The van der Waals surface area contributed by atoms with E-state index in [1.807, 2.05) is 73.8 Å². The standard InChI is InChI=1S/C38H39FN4O5/c1-24-4-6-26(7-5-24)31-21-43(23-38(39)14-16-48-17-15-38)22-32(35(31)44)37(45)42-29-11-8-25(9-12-29)30-18-28(20-41-36(30)40)27-10-13-33(46-2)34(19-27)47-3/h4-13,18-22,36,41H,14-17,23,40H2,1-3H3,(H,42,45). The van der Waals surface area contributed by atoms with Crippen molar-refractivity contribution in [2.75, 3.05) is 32.8 Å². The number of hydrogen-bond donors (Lipinski definition) is 3. The Kier molecular flexibility index (Phi) is 9.47. The zero-order chi connectivity index (χ0) is 33.8. The van der Waals surface area contributed by atoms with Gasteiger partial charge < -0.3 is 35.1 Å². The predicted molar refractivity (Wildman–Crippen MR) is 186 cm³/mol. The van der Waals surface area contributed by atoms with Crippen molar-refractivity contribution in [2.24, 2.45) is 5.73 Å². The van der Waals surface area contributed by atoms with E-state index < -0.39 is 23.2 Å². The Bertz CT molecular complexity index is 1930. The van der Waals surface area contributed by atoms with Crippen molar-refractivity contribution in [3.05, 3.63) is 124 Å². The normalized spacial score (nSPS) is 17.1. The maximum absolute atomic E-state index is 15.7. The third kappa shape index (κ3) is 7.05. The van der Waals surface area contributed by atoms with Gasteiger partial charge in [-0.05, 0) is 65.1 Å². The number of benzene rings is 3. The molecule has 1 fully saturated rings. The number of methoxy groups -OCH3 is 2. The Hall–Kier alpha value is -5.19. The van der Waals surface area contributed by atoms with Crippen LogP contribution in [0.2, 0.25) is 0 Å². The smallest absolute Gasteiger partial charge is 0.261 e. The second-order valence-electron chi connectivity index (χ2n) is 12.2. The van der Waals surface area contributed by atoms with Gasteiger partial charge in [0.2, 0.25) is 5.43 Å². The van der Waals surface area contributed by atoms with E-state index >= 15 is 4.39 Å². The van der Waals surface area contributed by atoms with Gasteiger partial charge in [-0.2, -0.15) is 0 Å². The van der Waals surface area contributed by atoms with Crippen LogP contribution in [0.5, 0.6) is 11.5 Å². The molecule has 0 bridgehead atoms. The minimum atomic E-state index is -1.50. The number of anilines is 1. The number of nitrogens with one attached hydrogen (secondary N) is 2. The molecule has 9 nitrogen and oxygen atoms in total. The highest BCUT2D eigenvalue weighted by Crippen LogP contribution is 2.34. The van der Waals surface area contributed by atoms with Crippen molar-refractivity contribution in [2.45, 2.75) is 38.1 Å². The monoisotopic (exact) mass is 650 g/mol. The molecule has 3 heterocycles. The summed E-state index contributed by atoms with van der Waals surface area (Å²) in [5.74, 6) is 0.671. The highest BCUT2D eigenvalue weighted by molar-refractivity contribution is 6.04. The first-order valence-corrected chi connectivity index (χ1v) is 15.8. The Balaban J connectivity index is 1.26. The molecule has 2 aliphatic rings. The van der Waals surface area contributed by atoms with Crippen LogP contribution >= 0.6 is 0 Å². The molecule has 4 aromatic rings. The lowest BCUT2D eigenvalue weighted by Gasteiger charge is -2.30. The number of dihydropyridines is 1. The minimum absolute atomic E-state index is 0.00756. The second-order valence-corrected chi connectivity index (χ2v) is 12.2. The molecular weight excluding hydrogens is 611 g/mol. The largest absolute Gasteiger partial charge is 0.493 e. The van der Waals surface area contributed by atoms with E-state index in [0.717, 1.165) is 27.8 Å². The third-order valence-electron chi connectivity index (χ3n) is 8.80. The van der Waals surface area contributed by atoms with Crippen LogP contribution < -0.4 is 31.3 Å². The second kappa shape index (κ2) is 13.9. The number of nitrogens with two attached hydrogens (primary N) is 1. The van der Waals surface area contributed by atoms with Crippen LogP contribution in [0, 0.1) is 6.92 Å². The fraction of sp³-hybridized carbons (Fsp3) is 0.263. The number of halogens is 1. The SMILES string of the molecule is COc1ccc(C2=CNC(N)C(c3ccc(NC(=O)c4cn(CC5(F)CCOCC5)cc(-c5ccc(C)cc5)c4=O)cc3)=C2)cc1OC. The lowest BCUT2D eigenvalue weighted by Crippen LogP contribution is -2.37. The lowest BCUT2D eigenvalue weighted by atomic mass is 9.95. The van der Waals surface area contributed by atoms with Crippen LogP contribution in [0.3, 0.4) is 0 Å². The molecule has 0 aliphatic carbocycles. The molecule has 6 rings (SSSR count). The number of allylic oxidation sites excluding steroid dienone is 2. The zero-order valence-corrected chi connectivity index (χ0v) is 27.2. The molecule has 4 N–H and O–H groups in total. The lowest BCUT2D eigenvalue weighted by molar-refractivity contribution is -0.0178. The summed E-state index contributed by atoms with van der Waals surface area (Å²) in [6, 6.07) is 20.4. The fourth-order valence-electron chi connectivity index (χ4n) is 6.00. The van der Waals surface area contributed by atoms with E-state index in [1.165, 1.54) is 6.20 Å². The average molecular weight is 651 g/mol. The zero-order valence-electron chi connectivity index (χ0n) is 27.2. The molecule has 0 radical (unpaired) electrons. The topological polar surface area (TPSA) is 117 Å². The van der Waals surface area contributed by atoms with Gasteiger partial charge in [-0.3, -0.25) is 9.59 Å². The number of hydrogen-bond acceptors (Lipinski definition) is 7. The molecule has 3 aromatic carbocycles. The summed E-state index contributed by atoms with van der Waals surface area (Å²) >= 11 is 0. The summed E-state index contributed by atoms with van der Waals surface area (Å²) in [4.78, 5) is 27.3. The highest BCUT2D eigenvalue weighted by Gasteiger charge is 2.33. The number of amides is 1. The van der Waals surface area contributed by atoms with Gasteiger partial charge in [-0.15, -0.1) is 0 Å². The van der Waals surface area contributed by atoms with Crippen molar-refractivity contribution in [1.29, 1.82) is 0 Å². The molecule has 1 unspecified atom stereocenters. The first-order valence-electron chi connectivity index (χ1n) is 15.8. The molecule has 10 heteroatoms. The van der Waals surface area contributed by atoms with E-state index in [1.54, 1.807) is 37.1 Å². The quantitative estimate of drug-likeness (QED) is 0.206. The van der Waals surface area contributed by atoms with Crippen LogP contribution in [0.25, 0.3) is 22.3 Å². The van der Waals surface area contributed by atoms with Crippen LogP contribution in [-0.4, -0.2) is 49.7 Å². The van der Waals surface area contributed by atoms with Gasteiger partial charge in [-0.25, -0.2) is 4.39 Å². The molecule has 0 spiro atoms. The summed E-state index contributed by atoms with van der Waals surface area (Å²) in [5, 5.41) is 6.07. The number of aromatic nitrogens is 1. The van der Waals surface area contributed by atoms with E-state index in [0.29, 0.717) is 41.5 Å². The van der Waals surface area contributed by atoms with Crippen LogP contribution in [0.1, 0.15) is 39.9 Å². The van der Waals surface area contributed by atoms with Gasteiger partial charge in [0.25, 0.3) is 5.91 Å². The molecule has 1 saturated heterocycles. The summed E-state index contributed by atoms with van der Waals surface area (Å²) < 4.78 is 33.5. The summed E-state index contributed by atoms with van der Waals surface area (Å²) in [7, 11) is 3.19. The summed E-state index contributed by atoms with van der Waals surface area (Å²) in [6.45, 7) is 2.62. The average Bonchev–Trinajstić information content (AvgIpc) is 3.10. The van der Waals surface area contributed by atoms with Gasteiger partial charge in [0.05, 0.1) is 20.8 Å². The molecule has 248 valence electrons. The van der Waals surface area contributed by atoms with Crippen molar-refractivity contribution < 1.29 is 23.4 Å². The van der Waals surface area contributed by atoms with Crippen LogP contribution in [-0.2, 0) is 11.3 Å². The number of carbonyl (C=O) groups excluding carboxylic acids is 1. The van der Waals surface area contributed by atoms with Gasteiger partial charge in [0.15, 0.2) is 11.5 Å². The van der Waals surface area contributed by atoms with E-state index in [4.69, 9.17) is 19.9 Å². The summed E-state index contributed by atoms with van der Waals surface area (Å²) in [6.07, 6.45) is 6.98. The molecule has 48 heavy (non-hydrogen) atoms. The molecule has 0 saturated carbocycles. The molecule has 1 aromatic heterocycles. The Morgan fingerprint density at radius 1 is 0.979 bits per heavy atom. The number of alkyl halides is 1. The number of rotatable bonds is 9. The van der Waals surface area contributed by atoms with Gasteiger partial charge in [-0.1, -0.05) is 48.0 Å². The van der Waals surface area contributed by atoms with Crippen molar-refractivity contribution in [1.82, 2.24) is 9.88 Å². The Morgan fingerprint density at radius 3 is 2.33 bits per heavy atom. The van der Waals surface area contributed by atoms with Gasteiger partial charge in [0.1, 0.15) is 17.4 Å². The fourth-order valence-corrected chi connectivity index (χ4v) is 6.00. The van der Waals surface area contributed by atoms with Crippen molar-refractivity contribution in [3.8, 4) is 22.6 Å². The first-order chi connectivity index (χ1) is 23.2. The molecular formula is C38H39FN4O5. The third-order valence-corrected chi connectivity index (χ3v) is 8.80. The number of aryl methyl sites for hydroxylation is 1. The predicted octanol–water partition coefficient (Wildman–Crippen LogP) is 5.92. The number of ether oxygens (including phenoxy) is 3.